The maximum Gasteiger partial charge on any atom is 0.100 e. The number of benzene rings is 1. The van der Waals surface area contributed by atoms with E-state index in [4.69, 9.17) is 0 Å². The van der Waals surface area contributed by atoms with Crippen molar-refractivity contribution in [3.63, 3.8) is 0 Å². The number of para-hydroxylation sites is 1. The summed E-state index contributed by atoms with van der Waals surface area (Å²) in [7, 11) is 0. The van der Waals surface area contributed by atoms with Gasteiger partial charge in [-0.2, -0.15) is 0 Å². The molecule has 12 heavy (non-hydrogen) atoms. The summed E-state index contributed by atoms with van der Waals surface area (Å²) in [6.45, 7) is 0.822. The van der Waals surface area contributed by atoms with E-state index in [0.29, 0.717) is 0 Å². The van der Waals surface area contributed by atoms with E-state index >= 15 is 0 Å². The van der Waals surface area contributed by atoms with E-state index in [-0.39, 0.29) is 0 Å². The van der Waals surface area contributed by atoms with Crippen LogP contribution in [0.5, 0.6) is 0 Å². The normalized spacial score (nSPS) is 10.4. The first-order valence-electron chi connectivity index (χ1n) is 4.03. The largest absolute Gasteiger partial charge is 0.354 e. The van der Waals surface area contributed by atoms with Crippen LogP contribution in [-0.4, -0.2) is 4.98 Å². The van der Waals surface area contributed by atoms with Gasteiger partial charge < -0.3 is 5.73 Å². The molecule has 1 aromatic heterocycles. The van der Waals surface area contributed by atoms with Gasteiger partial charge in [-0.25, -0.2) is 0 Å². The minimum absolute atomic E-state index is 0.822. The Labute approximate surface area is 71.0 Å². The van der Waals surface area contributed by atoms with Gasteiger partial charge in [0.1, 0.15) is 6.54 Å². The third kappa shape index (κ3) is 1.06. The predicted molar refractivity (Wildman–Crippen MR) is 48.3 cm³/mol. The van der Waals surface area contributed by atoms with E-state index in [0.717, 1.165) is 12.1 Å². The molecule has 60 valence electrons. The van der Waals surface area contributed by atoms with Crippen LogP contribution < -0.4 is 5.73 Å². The molecule has 0 bridgehead atoms. The van der Waals surface area contributed by atoms with Crippen molar-refractivity contribution in [2.45, 2.75) is 6.54 Å². The number of rotatable bonds is 1. The Kier molecular flexibility index (Phi) is 1.76. The zero-order valence-corrected chi connectivity index (χ0v) is 6.83. The number of fused-ring (bicyclic) bond motifs is 1. The van der Waals surface area contributed by atoms with Gasteiger partial charge in [0.15, 0.2) is 0 Å². The summed E-state index contributed by atoms with van der Waals surface area (Å²) < 4.78 is 0. The van der Waals surface area contributed by atoms with Gasteiger partial charge in [-0.3, -0.25) is 4.98 Å². The Morgan fingerprint density at radius 3 is 2.83 bits per heavy atom. The van der Waals surface area contributed by atoms with Gasteiger partial charge in [0.25, 0.3) is 0 Å². The molecule has 0 spiro atoms. The van der Waals surface area contributed by atoms with Crippen molar-refractivity contribution in [2.75, 3.05) is 0 Å². The molecule has 1 heterocycles. The second-order valence-electron chi connectivity index (χ2n) is 2.74. The average molecular weight is 159 g/mol. The van der Waals surface area contributed by atoms with Crippen LogP contribution in [0, 0.1) is 0 Å². The summed E-state index contributed by atoms with van der Waals surface area (Å²) in [5, 5.41) is 1.22. The second-order valence-corrected chi connectivity index (χ2v) is 2.74. The summed E-state index contributed by atoms with van der Waals surface area (Å²) in [5.74, 6) is 0. The summed E-state index contributed by atoms with van der Waals surface area (Å²) >= 11 is 0. The number of pyridine rings is 1. The lowest BCUT2D eigenvalue weighted by molar-refractivity contribution is -0.386. The smallest absolute Gasteiger partial charge is 0.100 e. The van der Waals surface area contributed by atoms with Crippen LogP contribution >= 0.6 is 0 Å². The van der Waals surface area contributed by atoms with Crippen LogP contribution in [0.4, 0.5) is 0 Å². The molecule has 2 aromatic rings. The molecule has 0 aliphatic rings. The Morgan fingerprint density at radius 2 is 2.00 bits per heavy atom. The summed E-state index contributed by atoms with van der Waals surface area (Å²) in [5.41, 5.74) is 6.20. The highest BCUT2D eigenvalue weighted by molar-refractivity contribution is 5.81. The maximum atomic E-state index is 4.26. The lowest BCUT2D eigenvalue weighted by Crippen LogP contribution is -2.47. The van der Waals surface area contributed by atoms with Crippen molar-refractivity contribution in [3.8, 4) is 0 Å². The molecule has 0 atom stereocenters. The van der Waals surface area contributed by atoms with E-state index < -0.39 is 0 Å². The molecule has 0 radical (unpaired) electrons. The van der Waals surface area contributed by atoms with Crippen molar-refractivity contribution in [1.29, 1.82) is 0 Å². The number of nitrogens with zero attached hydrogens (tertiary/aromatic N) is 1. The standard InChI is InChI=1S/C10H10N2/c11-7-8-5-6-12-10-4-2-1-3-9(8)10/h1-6H,7,11H2/p+1. The fourth-order valence-corrected chi connectivity index (χ4v) is 1.37. The second kappa shape index (κ2) is 2.91. The van der Waals surface area contributed by atoms with Gasteiger partial charge >= 0.3 is 0 Å². The number of hydrogen-bond acceptors (Lipinski definition) is 1. The third-order valence-corrected chi connectivity index (χ3v) is 2.01. The Balaban J connectivity index is 2.79. The van der Waals surface area contributed by atoms with Crippen molar-refractivity contribution in [1.82, 2.24) is 4.98 Å². The molecular weight excluding hydrogens is 148 g/mol. The minimum Gasteiger partial charge on any atom is -0.354 e. The summed E-state index contributed by atoms with van der Waals surface area (Å²) in [6, 6.07) is 10.2. The Hall–Kier alpha value is -1.41. The Morgan fingerprint density at radius 1 is 1.17 bits per heavy atom. The monoisotopic (exact) mass is 159 g/mol. The first kappa shape index (κ1) is 7.25. The molecule has 0 unspecified atom stereocenters. The number of hydrogen-bond donors (Lipinski definition) is 1. The van der Waals surface area contributed by atoms with Crippen molar-refractivity contribution in [3.05, 3.63) is 42.1 Å². The molecule has 0 aliphatic heterocycles. The summed E-state index contributed by atoms with van der Waals surface area (Å²) in [4.78, 5) is 4.26. The average Bonchev–Trinajstić information content (AvgIpc) is 2.17. The molecule has 1 aromatic carbocycles. The van der Waals surface area contributed by atoms with E-state index in [1.165, 1.54) is 10.9 Å². The molecule has 0 saturated carbocycles. The van der Waals surface area contributed by atoms with Gasteiger partial charge in [-0.15, -0.1) is 0 Å². The van der Waals surface area contributed by atoms with Crippen LogP contribution in [0.3, 0.4) is 0 Å². The van der Waals surface area contributed by atoms with E-state index in [2.05, 4.69) is 16.8 Å². The first-order valence-corrected chi connectivity index (χ1v) is 4.03. The zero-order chi connectivity index (χ0) is 8.39. The van der Waals surface area contributed by atoms with Gasteiger partial charge in [0, 0.05) is 17.1 Å². The third-order valence-electron chi connectivity index (χ3n) is 2.01. The highest BCUT2D eigenvalue weighted by Gasteiger charge is 1.98. The van der Waals surface area contributed by atoms with Crippen molar-refractivity contribution >= 4 is 10.9 Å². The molecule has 3 N–H and O–H groups in total. The van der Waals surface area contributed by atoms with E-state index in [1.54, 1.807) is 0 Å². The molecular formula is C10H11N2+. The fraction of sp³-hybridized carbons (Fsp3) is 0.100. The van der Waals surface area contributed by atoms with Crippen molar-refractivity contribution in [2.24, 2.45) is 0 Å². The van der Waals surface area contributed by atoms with Crippen LogP contribution in [0.15, 0.2) is 36.5 Å². The topological polar surface area (TPSA) is 40.5 Å². The predicted octanol–water partition coefficient (Wildman–Crippen LogP) is 0.977. The SMILES string of the molecule is [NH3+]Cc1ccnc2ccccc12. The molecule has 2 heteroatoms. The highest BCUT2D eigenvalue weighted by Crippen LogP contribution is 2.14. The quantitative estimate of drug-likeness (QED) is 0.662. The summed E-state index contributed by atoms with van der Waals surface area (Å²) in [6.07, 6.45) is 1.84. The first-order chi connectivity index (χ1) is 5.92. The molecule has 2 nitrogen and oxygen atoms in total. The Bertz CT molecular complexity index is 390. The van der Waals surface area contributed by atoms with Gasteiger partial charge in [-0.05, 0) is 12.1 Å². The van der Waals surface area contributed by atoms with Crippen molar-refractivity contribution < 1.29 is 5.73 Å². The van der Waals surface area contributed by atoms with Crippen LogP contribution in [0.2, 0.25) is 0 Å². The van der Waals surface area contributed by atoms with E-state index in [1.807, 2.05) is 30.5 Å². The molecule has 0 saturated heterocycles. The van der Waals surface area contributed by atoms with Gasteiger partial charge in [0.2, 0.25) is 0 Å². The highest BCUT2D eigenvalue weighted by atomic mass is 14.7. The molecule has 0 fully saturated rings. The lowest BCUT2D eigenvalue weighted by atomic mass is 10.1. The van der Waals surface area contributed by atoms with Crippen LogP contribution in [-0.2, 0) is 6.54 Å². The number of aromatic nitrogens is 1. The van der Waals surface area contributed by atoms with Crippen LogP contribution in [0.25, 0.3) is 10.9 Å². The van der Waals surface area contributed by atoms with Gasteiger partial charge in [0.05, 0.1) is 5.52 Å². The maximum absolute atomic E-state index is 4.26. The molecule has 0 amide bonds. The molecule has 0 aliphatic carbocycles. The van der Waals surface area contributed by atoms with Crippen LogP contribution in [0.1, 0.15) is 5.56 Å². The molecule has 2 rings (SSSR count). The minimum atomic E-state index is 0.822. The zero-order valence-electron chi connectivity index (χ0n) is 6.83. The number of quaternary nitrogens is 1. The fourth-order valence-electron chi connectivity index (χ4n) is 1.37. The van der Waals surface area contributed by atoms with E-state index in [9.17, 15) is 0 Å². The lowest BCUT2D eigenvalue weighted by Gasteiger charge is -1.99. The van der Waals surface area contributed by atoms with Gasteiger partial charge in [-0.1, -0.05) is 18.2 Å².